The molecule has 2 aliphatic carbocycles. The van der Waals surface area contributed by atoms with Gasteiger partial charge in [-0.15, -0.1) is 0 Å². The van der Waals surface area contributed by atoms with Gasteiger partial charge in [0.15, 0.2) is 6.29 Å². The molecule has 1 saturated carbocycles. The van der Waals surface area contributed by atoms with Crippen LogP contribution in [0.5, 0.6) is 0 Å². The fraction of sp³-hybridized carbons (Fsp3) is 0.655. The summed E-state index contributed by atoms with van der Waals surface area (Å²) in [5, 5.41) is 0. The molecule has 2 nitrogen and oxygen atoms in total. The molecule has 3 rings (SSSR count). The first-order valence-electron chi connectivity index (χ1n) is 12.7. The van der Waals surface area contributed by atoms with E-state index in [1.807, 2.05) is 6.92 Å². The zero-order valence-electron chi connectivity index (χ0n) is 20.5. The summed E-state index contributed by atoms with van der Waals surface area (Å²) in [6.07, 6.45) is 14.5. The molecule has 1 aromatic carbocycles. The highest BCUT2D eigenvalue weighted by Gasteiger charge is 2.22. The topological polar surface area (TPSA) is 18.5 Å². The van der Waals surface area contributed by atoms with Crippen molar-refractivity contribution in [1.82, 2.24) is 0 Å². The minimum atomic E-state index is -0.226. The molecule has 0 bridgehead atoms. The normalized spacial score (nSPS) is 19.8. The molecule has 2 unspecified atom stereocenters. The predicted molar refractivity (Wildman–Crippen MR) is 131 cm³/mol. The van der Waals surface area contributed by atoms with E-state index in [1.54, 1.807) is 5.57 Å². The summed E-state index contributed by atoms with van der Waals surface area (Å²) >= 11 is 0. The molecule has 2 heteroatoms. The Kier molecular flexibility index (Phi) is 9.26. The first-order valence-corrected chi connectivity index (χ1v) is 12.7. The largest absolute Gasteiger partial charge is 0.470 e. The third kappa shape index (κ3) is 7.52. The zero-order valence-corrected chi connectivity index (χ0v) is 20.5. The molecular formula is C29H44O2. The molecule has 172 valence electrons. The SMILES string of the molecule is CC(C)CC(C1=CC=C(OC(C)OCc2ccc(C3CCCCC3)cc2)CC1)C(C)C. The lowest BCUT2D eigenvalue weighted by molar-refractivity contribution is -0.113. The Hall–Kier alpha value is -1.54. The van der Waals surface area contributed by atoms with Gasteiger partial charge in [-0.2, -0.15) is 0 Å². The van der Waals surface area contributed by atoms with Crippen LogP contribution in [0.2, 0.25) is 0 Å². The lowest BCUT2D eigenvalue weighted by atomic mass is 9.79. The van der Waals surface area contributed by atoms with Crippen molar-refractivity contribution in [2.45, 2.75) is 105 Å². The Morgan fingerprint density at radius 1 is 0.871 bits per heavy atom. The van der Waals surface area contributed by atoms with Crippen molar-refractivity contribution in [3.63, 3.8) is 0 Å². The second-order valence-electron chi connectivity index (χ2n) is 10.4. The lowest BCUT2D eigenvalue weighted by Gasteiger charge is -2.28. The van der Waals surface area contributed by atoms with E-state index >= 15 is 0 Å². The molecule has 0 N–H and O–H groups in total. The smallest absolute Gasteiger partial charge is 0.196 e. The van der Waals surface area contributed by atoms with Crippen LogP contribution < -0.4 is 0 Å². The lowest BCUT2D eigenvalue weighted by Crippen LogP contribution is -2.18. The van der Waals surface area contributed by atoms with Gasteiger partial charge in [-0.25, -0.2) is 0 Å². The molecule has 2 aliphatic rings. The predicted octanol–water partition coefficient (Wildman–Crippen LogP) is 8.54. The standard InChI is InChI=1S/C29H44O2/c1-21(2)19-29(22(3)4)27-15-17-28(18-16-27)31-23(5)30-20-24-11-13-26(14-12-24)25-9-7-6-8-10-25/h11-15,17,21-23,25,29H,6-10,16,18-20H2,1-5H3. The number of hydrogen-bond acceptors (Lipinski definition) is 2. The molecule has 0 heterocycles. The number of hydrogen-bond donors (Lipinski definition) is 0. The Morgan fingerprint density at radius 2 is 1.58 bits per heavy atom. The van der Waals surface area contributed by atoms with E-state index in [2.05, 4.69) is 64.1 Å². The average Bonchev–Trinajstić information content (AvgIpc) is 2.77. The van der Waals surface area contributed by atoms with Crippen molar-refractivity contribution in [3.8, 4) is 0 Å². The average molecular weight is 425 g/mol. The minimum Gasteiger partial charge on any atom is -0.470 e. The van der Waals surface area contributed by atoms with Crippen molar-refractivity contribution in [2.24, 2.45) is 17.8 Å². The Labute approximate surface area is 191 Å². The van der Waals surface area contributed by atoms with Crippen LogP contribution in [0.25, 0.3) is 0 Å². The van der Waals surface area contributed by atoms with Gasteiger partial charge in [-0.3, -0.25) is 0 Å². The van der Waals surface area contributed by atoms with Crippen LogP contribution in [0, 0.1) is 17.8 Å². The summed E-state index contributed by atoms with van der Waals surface area (Å²) < 4.78 is 12.1. The Morgan fingerprint density at radius 3 is 2.16 bits per heavy atom. The Bertz CT molecular complexity index is 720. The van der Waals surface area contributed by atoms with Crippen LogP contribution in [0.3, 0.4) is 0 Å². The van der Waals surface area contributed by atoms with Gasteiger partial charge in [-0.05, 0) is 73.5 Å². The molecule has 0 saturated heterocycles. The minimum absolute atomic E-state index is 0.226. The fourth-order valence-electron chi connectivity index (χ4n) is 5.18. The number of ether oxygens (including phenoxy) is 2. The quantitative estimate of drug-likeness (QED) is 0.350. The van der Waals surface area contributed by atoms with E-state index in [-0.39, 0.29) is 6.29 Å². The van der Waals surface area contributed by atoms with Crippen molar-refractivity contribution in [1.29, 1.82) is 0 Å². The van der Waals surface area contributed by atoms with Gasteiger partial charge in [0.25, 0.3) is 0 Å². The zero-order chi connectivity index (χ0) is 22.2. The van der Waals surface area contributed by atoms with Crippen LogP contribution in [0.1, 0.15) is 103 Å². The summed E-state index contributed by atoms with van der Waals surface area (Å²) in [4.78, 5) is 0. The highest BCUT2D eigenvalue weighted by Crippen LogP contribution is 2.34. The van der Waals surface area contributed by atoms with Crippen molar-refractivity contribution in [3.05, 3.63) is 58.9 Å². The maximum Gasteiger partial charge on any atom is 0.196 e. The van der Waals surface area contributed by atoms with Gasteiger partial charge in [0, 0.05) is 6.42 Å². The molecule has 31 heavy (non-hydrogen) atoms. The molecule has 1 aromatic rings. The molecular weight excluding hydrogens is 380 g/mol. The highest BCUT2D eigenvalue weighted by molar-refractivity contribution is 5.25. The van der Waals surface area contributed by atoms with E-state index in [0.29, 0.717) is 18.4 Å². The summed E-state index contributed by atoms with van der Waals surface area (Å²) in [7, 11) is 0. The van der Waals surface area contributed by atoms with E-state index in [0.717, 1.165) is 30.4 Å². The molecule has 0 spiro atoms. The highest BCUT2D eigenvalue weighted by atomic mass is 16.7. The van der Waals surface area contributed by atoms with Crippen molar-refractivity contribution >= 4 is 0 Å². The molecule has 0 radical (unpaired) electrons. The van der Waals surface area contributed by atoms with E-state index in [9.17, 15) is 0 Å². The van der Waals surface area contributed by atoms with E-state index in [4.69, 9.17) is 9.47 Å². The van der Waals surface area contributed by atoms with Gasteiger partial charge in [0.05, 0.1) is 12.4 Å². The molecule has 1 fully saturated rings. The van der Waals surface area contributed by atoms with Gasteiger partial charge >= 0.3 is 0 Å². The second kappa shape index (κ2) is 11.9. The summed E-state index contributed by atoms with van der Waals surface area (Å²) in [5.74, 6) is 3.92. The maximum absolute atomic E-state index is 6.10. The van der Waals surface area contributed by atoms with E-state index < -0.39 is 0 Å². The first-order chi connectivity index (χ1) is 14.9. The van der Waals surface area contributed by atoms with Gasteiger partial charge in [0.2, 0.25) is 0 Å². The third-order valence-corrected chi connectivity index (χ3v) is 7.01. The van der Waals surface area contributed by atoms with E-state index in [1.165, 1.54) is 49.7 Å². The molecule has 2 atom stereocenters. The Balaban J connectivity index is 1.47. The number of rotatable bonds is 10. The van der Waals surface area contributed by atoms with Crippen LogP contribution in [-0.2, 0) is 16.1 Å². The van der Waals surface area contributed by atoms with Gasteiger partial charge < -0.3 is 9.47 Å². The van der Waals surface area contributed by atoms with Crippen LogP contribution in [0.4, 0.5) is 0 Å². The summed E-state index contributed by atoms with van der Waals surface area (Å²) in [5.41, 5.74) is 4.31. The van der Waals surface area contributed by atoms with Crippen LogP contribution >= 0.6 is 0 Å². The van der Waals surface area contributed by atoms with Gasteiger partial charge in [-0.1, -0.05) is 82.9 Å². The first kappa shape index (κ1) is 24.1. The van der Waals surface area contributed by atoms with Gasteiger partial charge in [0.1, 0.15) is 0 Å². The monoisotopic (exact) mass is 424 g/mol. The fourth-order valence-corrected chi connectivity index (χ4v) is 5.18. The summed E-state index contributed by atoms with van der Waals surface area (Å²) in [6, 6.07) is 9.07. The summed E-state index contributed by atoms with van der Waals surface area (Å²) in [6.45, 7) is 12.0. The number of benzene rings is 1. The molecule has 0 aromatic heterocycles. The molecule has 0 aliphatic heterocycles. The van der Waals surface area contributed by atoms with Crippen molar-refractivity contribution < 1.29 is 9.47 Å². The molecule has 0 amide bonds. The maximum atomic E-state index is 6.10. The third-order valence-electron chi connectivity index (χ3n) is 7.01. The van der Waals surface area contributed by atoms with Crippen LogP contribution in [-0.4, -0.2) is 6.29 Å². The second-order valence-corrected chi connectivity index (χ2v) is 10.4. The van der Waals surface area contributed by atoms with Crippen molar-refractivity contribution in [2.75, 3.05) is 0 Å². The number of allylic oxidation sites excluding steroid dienone is 4. The van der Waals surface area contributed by atoms with Crippen LogP contribution in [0.15, 0.2) is 47.7 Å².